The van der Waals surface area contributed by atoms with Crippen molar-refractivity contribution in [3.05, 3.63) is 29.8 Å². The normalized spacial score (nSPS) is 14.6. The van der Waals surface area contributed by atoms with Crippen LogP contribution in [0, 0.1) is 11.7 Å². The van der Waals surface area contributed by atoms with Gasteiger partial charge in [-0.1, -0.05) is 13.8 Å². The standard InChI is InChI=1S/C12H17FN2O2/c1-8(2)6-15-12(3,11(16)17)10-5-4-9(13)7-14-10/h4-5,7-8,15H,6H2,1-3H3,(H,16,17). The zero-order valence-electron chi connectivity index (χ0n) is 10.2. The number of aliphatic carboxylic acids is 1. The van der Waals surface area contributed by atoms with Crippen LogP contribution in [-0.4, -0.2) is 22.6 Å². The molecule has 0 aliphatic rings. The summed E-state index contributed by atoms with van der Waals surface area (Å²) in [6.07, 6.45) is 1.02. The van der Waals surface area contributed by atoms with Gasteiger partial charge in [0, 0.05) is 0 Å². The second-order valence-corrected chi connectivity index (χ2v) is 4.57. The van der Waals surface area contributed by atoms with Gasteiger partial charge in [-0.2, -0.15) is 0 Å². The van der Waals surface area contributed by atoms with E-state index in [-0.39, 0.29) is 0 Å². The van der Waals surface area contributed by atoms with E-state index in [1.807, 2.05) is 13.8 Å². The predicted molar refractivity (Wildman–Crippen MR) is 62.0 cm³/mol. The number of carbonyl (C=O) groups is 1. The smallest absolute Gasteiger partial charge is 0.329 e. The number of hydrogen-bond acceptors (Lipinski definition) is 3. The summed E-state index contributed by atoms with van der Waals surface area (Å²) >= 11 is 0. The highest BCUT2D eigenvalue weighted by Gasteiger charge is 2.36. The number of nitrogens with zero attached hydrogens (tertiary/aromatic N) is 1. The molecule has 0 bridgehead atoms. The van der Waals surface area contributed by atoms with Crippen LogP contribution in [0.1, 0.15) is 26.5 Å². The second kappa shape index (κ2) is 5.23. The first kappa shape index (κ1) is 13.6. The quantitative estimate of drug-likeness (QED) is 0.823. The highest BCUT2D eigenvalue weighted by atomic mass is 19.1. The molecule has 1 aromatic rings. The van der Waals surface area contributed by atoms with Gasteiger partial charge in [0.2, 0.25) is 0 Å². The third-order valence-corrected chi connectivity index (χ3v) is 2.53. The molecule has 0 saturated heterocycles. The van der Waals surface area contributed by atoms with Gasteiger partial charge in [0.05, 0.1) is 11.9 Å². The fraction of sp³-hybridized carbons (Fsp3) is 0.500. The Morgan fingerprint density at radius 1 is 1.59 bits per heavy atom. The first-order chi connectivity index (χ1) is 7.86. The molecule has 0 fully saturated rings. The van der Waals surface area contributed by atoms with Crippen LogP contribution in [0.4, 0.5) is 4.39 Å². The van der Waals surface area contributed by atoms with Crippen molar-refractivity contribution in [3.8, 4) is 0 Å². The van der Waals surface area contributed by atoms with E-state index in [4.69, 9.17) is 0 Å². The van der Waals surface area contributed by atoms with Crippen LogP contribution in [0.25, 0.3) is 0 Å². The van der Waals surface area contributed by atoms with E-state index in [2.05, 4.69) is 10.3 Å². The summed E-state index contributed by atoms with van der Waals surface area (Å²) in [5.41, 5.74) is -0.995. The Labute approximate surface area is 99.9 Å². The molecule has 1 aromatic heterocycles. The van der Waals surface area contributed by atoms with Crippen LogP contribution in [-0.2, 0) is 10.3 Å². The Kier molecular flexibility index (Phi) is 4.17. The number of halogens is 1. The second-order valence-electron chi connectivity index (χ2n) is 4.57. The number of pyridine rings is 1. The van der Waals surface area contributed by atoms with E-state index in [0.717, 1.165) is 6.20 Å². The van der Waals surface area contributed by atoms with Crippen LogP contribution in [0.15, 0.2) is 18.3 Å². The molecule has 2 N–H and O–H groups in total. The number of nitrogens with one attached hydrogen (secondary N) is 1. The lowest BCUT2D eigenvalue weighted by atomic mass is 9.96. The average Bonchev–Trinajstić information content (AvgIpc) is 2.26. The molecular weight excluding hydrogens is 223 g/mol. The molecule has 1 heterocycles. The van der Waals surface area contributed by atoms with Crippen molar-refractivity contribution in [2.45, 2.75) is 26.3 Å². The SMILES string of the molecule is CC(C)CNC(C)(C(=O)O)c1ccc(F)cn1. The minimum atomic E-state index is -1.29. The highest BCUT2D eigenvalue weighted by Crippen LogP contribution is 2.19. The number of aromatic nitrogens is 1. The van der Waals surface area contributed by atoms with Crippen molar-refractivity contribution >= 4 is 5.97 Å². The topological polar surface area (TPSA) is 62.2 Å². The molecule has 1 atom stereocenters. The lowest BCUT2D eigenvalue weighted by Crippen LogP contribution is -2.48. The van der Waals surface area contributed by atoms with Crippen LogP contribution >= 0.6 is 0 Å². The van der Waals surface area contributed by atoms with Crippen molar-refractivity contribution in [2.75, 3.05) is 6.54 Å². The van der Waals surface area contributed by atoms with Crippen molar-refractivity contribution < 1.29 is 14.3 Å². The van der Waals surface area contributed by atoms with Crippen LogP contribution in [0.3, 0.4) is 0 Å². The van der Waals surface area contributed by atoms with Gasteiger partial charge in [0.15, 0.2) is 5.54 Å². The van der Waals surface area contributed by atoms with Crippen LogP contribution < -0.4 is 5.32 Å². The van der Waals surface area contributed by atoms with Gasteiger partial charge in [-0.3, -0.25) is 10.3 Å². The molecule has 0 aromatic carbocycles. The highest BCUT2D eigenvalue weighted by molar-refractivity contribution is 5.79. The van der Waals surface area contributed by atoms with Crippen LogP contribution in [0.5, 0.6) is 0 Å². The third kappa shape index (κ3) is 3.23. The molecule has 0 amide bonds. The Morgan fingerprint density at radius 3 is 2.65 bits per heavy atom. The van der Waals surface area contributed by atoms with Gasteiger partial charge in [0.25, 0.3) is 0 Å². The van der Waals surface area contributed by atoms with Gasteiger partial charge >= 0.3 is 5.97 Å². The molecule has 4 nitrogen and oxygen atoms in total. The minimum Gasteiger partial charge on any atom is -0.480 e. The Balaban J connectivity index is 2.98. The Hall–Kier alpha value is -1.49. The van der Waals surface area contributed by atoms with Gasteiger partial charge in [-0.05, 0) is 31.5 Å². The maximum absolute atomic E-state index is 12.8. The number of carboxylic acid groups (broad SMARTS) is 1. The molecule has 1 unspecified atom stereocenters. The molecule has 1 rings (SSSR count). The summed E-state index contributed by atoms with van der Waals surface area (Å²) in [6, 6.07) is 2.59. The van der Waals surface area contributed by atoms with Crippen molar-refractivity contribution in [1.29, 1.82) is 0 Å². The summed E-state index contributed by atoms with van der Waals surface area (Å²) in [6.45, 7) is 6.03. The molecular formula is C12H17FN2O2. The monoisotopic (exact) mass is 240 g/mol. The van der Waals surface area contributed by atoms with Crippen molar-refractivity contribution in [3.63, 3.8) is 0 Å². The fourth-order valence-corrected chi connectivity index (χ4v) is 1.36. The fourth-order valence-electron chi connectivity index (χ4n) is 1.36. The van der Waals surface area contributed by atoms with E-state index in [9.17, 15) is 14.3 Å². The summed E-state index contributed by atoms with van der Waals surface area (Å²) in [5, 5.41) is 12.2. The van der Waals surface area contributed by atoms with Gasteiger partial charge < -0.3 is 5.11 Å². The van der Waals surface area contributed by atoms with E-state index in [1.54, 1.807) is 0 Å². The molecule has 0 saturated carbocycles. The van der Waals surface area contributed by atoms with Crippen LogP contribution in [0.2, 0.25) is 0 Å². The molecule has 17 heavy (non-hydrogen) atoms. The lowest BCUT2D eigenvalue weighted by molar-refractivity contribution is -0.144. The maximum atomic E-state index is 12.8. The van der Waals surface area contributed by atoms with Crippen molar-refractivity contribution in [1.82, 2.24) is 10.3 Å². The third-order valence-electron chi connectivity index (χ3n) is 2.53. The zero-order valence-corrected chi connectivity index (χ0v) is 10.2. The Morgan fingerprint density at radius 2 is 2.24 bits per heavy atom. The average molecular weight is 240 g/mol. The van der Waals surface area contributed by atoms with Crippen molar-refractivity contribution in [2.24, 2.45) is 5.92 Å². The number of carboxylic acids is 1. The maximum Gasteiger partial charge on any atom is 0.329 e. The summed E-state index contributed by atoms with van der Waals surface area (Å²) < 4.78 is 12.8. The predicted octanol–water partition coefficient (Wildman–Crippen LogP) is 1.77. The van der Waals surface area contributed by atoms with E-state index >= 15 is 0 Å². The minimum absolute atomic E-state index is 0.298. The summed E-state index contributed by atoms with van der Waals surface area (Å²) in [5.74, 6) is -1.20. The van der Waals surface area contributed by atoms with Gasteiger partial charge in [-0.25, -0.2) is 9.18 Å². The molecule has 0 spiro atoms. The van der Waals surface area contributed by atoms with E-state index < -0.39 is 17.3 Å². The number of hydrogen-bond donors (Lipinski definition) is 2. The molecule has 0 aliphatic carbocycles. The summed E-state index contributed by atoms with van der Waals surface area (Å²) in [4.78, 5) is 15.2. The Bertz CT molecular complexity index is 392. The van der Waals surface area contributed by atoms with Gasteiger partial charge in [-0.15, -0.1) is 0 Å². The largest absolute Gasteiger partial charge is 0.480 e. The van der Waals surface area contributed by atoms with Gasteiger partial charge in [0.1, 0.15) is 5.82 Å². The molecule has 0 aliphatic heterocycles. The zero-order chi connectivity index (χ0) is 13.1. The lowest BCUT2D eigenvalue weighted by Gasteiger charge is -2.26. The summed E-state index contributed by atoms with van der Waals surface area (Å²) in [7, 11) is 0. The number of rotatable bonds is 5. The molecule has 0 radical (unpaired) electrons. The first-order valence-electron chi connectivity index (χ1n) is 5.46. The molecule has 94 valence electrons. The molecule has 5 heteroatoms. The first-order valence-corrected chi connectivity index (χ1v) is 5.46. The van der Waals surface area contributed by atoms with E-state index in [1.165, 1.54) is 19.1 Å². The van der Waals surface area contributed by atoms with E-state index in [0.29, 0.717) is 18.2 Å².